The second kappa shape index (κ2) is 4.85. The van der Waals surface area contributed by atoms with Gasteiger partial charge in [-0.2, -0.15) is 0 Å². The van der Waals surface area contributed by atoms with E-state index in [2.05, 4.69) is 11.9 Å². The molecule has 0 bridgehead atoms. The lowest BCUT2D eigenvalue weighted by Crippen LogP contribution is -2.28. The first-order valence-electron chi connectivity index (χ1n) is 6.65. The van der Waals surface area contributed by atoms with Crippen LogP contribution in [-0.2, 0) is 6.54 Å². The minimum absolute atomic E-state index is 0.0695. The van der Waals surface area contributed by atoms with Gasteiger partial charge in [0.2, 0.25) is 0 Å². The van der Waals surface area contributed by atoms with Gasteiger partial charge in [-0.1, -0.05) is 11.6 Å². The van der Waals surface area contributed by atoms with E-state index in [9.17, 15) is 4.79 Å². The van der Waals surface area contributed by atoms with Crippen molar-refractivity contribution in [2.75, 3.05) is 13.1 Å². The molecule has 1 saturated heterocycles. The molecule has 0 saturated carbocycles. The van der Waals surface area contributed by atoms with Gasteiger partial charge in [0.15, 0.2) is 0 Å². The molecule has 5 heteroatoms. The Bertz CT molecular complexity index is 629. The molecule has 1 aliphatic heterocycles. The molecule has 100 valence electrons. The summed E-state index contributed by atoms with van der Waals surface area (Å²) in [7, 11) is 0. The molecule has 3 heterocycles. The molecular weight excluding hydrogens is 262 g/mol. The number of nitrogens with zero attached hydrogens (tertiary/aromatic N) is 3. The maximum atomic E-state index is 12.6. The van der Waals surface area contributed by atoms with E-state index in [0.717, 1.165) is 43.4 Å². The van der Waals surface area contributed by atoms with Crippen molar-refractivity contribution < 1.29 is 4.79 Å². The third-order valence-corrected chi connectivity index (χ3v) is 4.01. The van der Waals surface area contributed by atoms with Crippen molar-refractivity contribution in [3.05, 3.63) is 29.2 Å². The highest BCUT2D eigenvalue weighted by Crippen LogP contribution is 2.27. The summed E-state index contributed by atoms with van der Waals surface area (Å²) in [6.45, 7) is 4.55. The SMILES string of the molecule is CCn1ccc2c(Cl)ncc(C(=O)N3CCCC3)c21. The predicted molar refractivity (Wildman–Crippen MR) is 75.6 cm³/mol. The smallest absolute Gasteiger partial charge is 0.257 e. The lowest BCUT2D eigenvalue weighted by Gasteiger charge is -2.16. The first-order valence-corrected chi connectivity index (χ1v) is 7.02. The lowest BCUT2D eigenvalue weighted by molar-refractivity contribution is 0.0794. The Kier molecular flexibility index (Phi) is 3.19. The standard InChI is InChI=1S/C14H16ClN3O/c1-2-17-8-5-10-12(17)11(9-16-13(10)15)14(19)18-6-3-4-7-18/h5,8-9H,2-4,6-7H2,1H3. The first-order chi connectivity index (χ1) is 9.22. The average molecular weight is 278 g/mol. The predicted octanol–water partition coefficient (Wildman–Crippen LogP) is 2.95. The van der Waals surface area contributed by atoms with Crippen molar-refractivity contribution in [2.45, 2.75) is 26.3 Å². The normalized spacial score (nSPS) is 15.4. The van der Waals surface area contributed by atoms with Gasteiger partial charge in [-0.15, -0.1) is 0 Å². The van der Waals surface area contributed by atoms with E-state index in [4.69, 9.17) is 11.6 Å². The number of carbonyl (C=O) groups excluding carboxylic acids is 1. The monoisotopic (exact) mass is 277 g/mol. The molecule has 0 spiro atoms. The van der Waals surface area contributed by atoms with E-state index in [1.165, 1.54) is 0 Å². The van der Waals surface area contributed by atoms with Crippen molar-refractivity contribution >= 4 is 28.4 Å². The Morgan fingerprint density at radius 2 is 2.16 bits per heavy atom. The van der Waals surface area contributed by atoms with Crippen molar-refractivity contribution in [1.29, 1.82) is 0 Å². The summed E-state index contributed by atoms with van der Waals surface area (Å²) >= 11 is 6.11. The van der Waals surface area contributed by atoms with E-state index in [0.29, 0.717) is 10.7 Å². The van der Waals surface area contributed by atoms with Crippen molar-refractivity contribution in [3.63, 3.8) is 0 Å². The van der Waals surface area contributed by atoms with Gasteiger partial charge in [-0.25, -0.2) is 4.98 Å². The number of hydrogen-bond donors (Lipinski definition) is 0. The fourth-order valence-electron chi connectivity index (χ4n) is 2.70. The quantitative estimate of drug-likeness (QED) is 0.792. The number of likely N-dealkylation sites (tertiary alicyclic amines) is 1. The Labute approximate surface area is 117 Å². The van der Waals surface area contributed by atoms with Crippen LogP contribution in [0.25, 0.3) is 10.9 Å². The maximum Gasteiger partial charge on any atom is 0.257 e. The van der Waals surface area contributed by atoms with Crippen LogP contribution in [0.5, 0.6) is 0 Å². The van der Waals surface area contributed by atoms with Crippen LogP contribution in [0.15, 0.2) is 18.5 Å². The molecule has 0 aromatic carbocycles. The summed E-state index contributed by atoms with van der Waals surface area (Å²) in [4.78, 5) is 18.6. The number of hydrogen-bond acceptors (Lipinski definition) is 2. The van der Waals surface area contributed by atoms with Gasteiger partial charge < -0.3 is 9.47 Å². The number of pyridine rings is 1. The second-order valence-corrected chi connectivity index (χ2v) is 5.18. The molecule has 2 aromatic heterocycles. The fraction of sp³-hybridized carbons (Fsp3) is 0.429. The van der Waals surface area contributed by atoms with Crippen LogP contribution in [0, 0.1) is 0 Å². The Morgan fingerprint density at radius 1 is 1.42 bits per heavy atom. The Morgan fingerprint density at radius 3 is 2.84 bits per heavy atom. The van der Waals surface area contributed by atoms with Gasteiger partial charge in [-0.3, -0.25) is 4.79 Å². The molecule has 1 fully saturated rings. The molecule has 2 aromatic rings. The number of aromatic nitrogens is 2. The van der Waals surface area contributed by atoms with Gasteiger partial charge in [0.1, 0.15) is 5.15 Å². The number of rotatable bonds is 2. The summed E-state index contributed by atoms with van der Waals surface area (Å²) in [5, 5.41) is 1.31. The number of amides is 1. The minimum atomic E-state index is 0.0695. The largest absolute Gasteiger partial charge is 0.347 e. The molecule has 19 heavy (non-hydrogen) atoms. The van der Waals surface area contributed by atoms with Crippen molar-refractivity contribution in [3.8, 4) is 0 Å². The van der Waals surface area contributed by atoms with Gasteiger partial charge in [0, 0.05) is 37.4 Å². The molecular formula is C14H16ClN3O. The Hall–Kier alpha value is -1.55. The summed E-state index contributed by atoms with van der Waals surface area (Å²) in [5.41, 5.74) is 1.56. The summed E-state index contributed by atoms with van der Waals surface area (Å²) < 4.78 is 2.05. The highest BCUT2D eigenvalue weighted by molar-refractivity contribution is 6.34. The van der Waals surface area contributed by atoms with Gasteiger partial charge >= 0.3 is 0 Å². The summed E-state index contributed by atoms with van der Waals surface area (Å²) in [6.07, 6.45) is 5.74. The Balaban J connectivity index is 2.14. The zero-order chi connectivity index (χ0) is 13.4. The zero-order valence-electron chi connectivity index (χ0n) is 10.9. The molecule has 1 aliphatic rings. The van der Waals surface area contributed by atoms with E-state index in [1.807, 2.05) is 21.7 Å². The van der Waals surface area contributed by atoms with E-state index >= 15 is 0 Å². The van der Waals surface area contributed by atoms with E-state index in [-0.39, 0.29) is 5.91 Å². The number of halogens is 1. The van der Waals surface area contributed by atoms with Crippen molar-refractivity contribution in [2.24, 2.45) is 0 Å². The van der Waals surface area contributed by atoms with Crippen LogP contribution >= 0.6 is 11.6 Å². The molecule has 1 amide bonds. The van der Waals surface area contributed by atoms with Crippen LogP contribution in [-0.4, -0.2) is 33.4 Å². The van der Waals surface area contributed by atoms with Gasteiger partial charge in [-0.05, 0) is 25.8 Å². The van der Waals surface area contributed by atoms with Gasteiger partial charge in [0.05, 0.1) is 11.1 Å². The van der Waals surface area contributed by atoms with Gasteiger partial charge in [0.25, 0.3) is 5.91 Å². The van der Waals surface area contributed by atoms with Crippen LogP contribution in [0.4, 0.5) is 0 Å². The molecule has 0 unspecified atom stereocenters. The van der Waals surface area contributed by atoms with Crippen molar-refractivity contribution in [1.82, 2.24) is 14.5 Å². The molecule has 0 radical (unpaired) electrons. The average Bonchev–Trinajstić information content (AvgIpc) is 3.08. The highest BCUT2D eigenvalue weighted by Gasteiger charge is 2.23. The van der Waals surface area contributed by atoms with E-state index < -0.39 is 0 Å². The highest BCUT2D eigenvalue weighted by atomic mass is 35.5. The van der Waals surface area contributed by atoms with Crippen LogP contribution in [0.3, 0.4) is 0 Å². The number of fused-ring (bicyclic) bond motifs is 1. The minimum Gasteiger partial charge on any atom is -0.347 e. The first kappa shape index (κ1) is 12.5. The summed E-state index contributed by atoms with van der Waals surface area (Å²) in [5.74, 6) is 0.0695. The molecule has 0 atom stereocenters. The molecule has 0 N–H and O–H groups in total. The third-order valence-electron chi connectivity index (χ3n) is 3.71. The molecule has 4 nitrogen and oxygen atoms in total. The second-order valence-electron chi connectivity index (χ2n) is 4.83. The lowest BCUT2D eigenvalue weighted by atomic mass is 10.2. The molecule has 0 aliphatic carbocycles. The summed E-state index contributed by atoms with van der Waals surface area (Å²) in [6, 6.07) is 1.93. The van der Waals surface area contributed by atoms with E-state index in [1.54, 1.807) is 6.20 Å². The van der Waals surface area contributed by atoms with Crippen LogP contribution < -0.4 is 0 Å². The topological polar surface area (TPSA) is 38.1 Å². The number of aryl methyl sites for hydroxylation is 1. The zero-order valence-corrected chi connectivity index (χ0v) is 11.7. The molecule has 3 rings (SSSR count). The third kappa shape index (κ3) is 2.00. The van der Waals surface area contributed by atoms with Crippen LogP contribution in [0.1, 0.15) is 30.1 Å². The maximum absolute atomic E-state index is 12.6. The fourth-order valence-corrected chi connectivity index (χ4v) is 2.90. The van der Waals surface area contributed by atoms with Crippen LogP contribution in [0.2, 0.25) is 5.15 Å². The number of carbonyl (C=O) groups is 1.